The molecule has 1 aromatic heterocycles. The molecule has 20 heavy (non-hydrogen) atoms. The normalized spacial score (nSPS) is 20.5. The Morgan fingerprint density at radius 1 is 1.55 bits per heavy atom. The van der Waals surface area contributed by atoms with Gasteiger partial charge in [-0.25, -0.2) is 0 Å². The standard InChI is InChI=1S/C16H27N3O/c1-4-7-18-15(20)6-9-19-8-5-12-13(17)10-16(2,3)11-14(12)19/h5,8,13H,4,6-7,9-11,17H2,1-3H3,(H,18,20). The lowest BCUT2D eigenvalue weighted by atomic mass is 9.74. The lowest BCUT2D eigenvalue weighted by Gasteiger charge is -2.34. The maximum absolute atomic E-state index is 11.7. The van der Waals surface area contributed by atoms with Gasteiger partial charge in [0.25, 0.3) is 0 Å². The minimum atomic E-state index is 0.129. The molecular weight excluding hydrogens is 250 g/mol. The van der Waals surface area contributed by atoms with Crippen LogP contribution in [0.5, 0.6) is 0 Å². The second kappa shape index (κ2) is 6.00. The zero-order valence-corrected chi connectivity index (χ0v) is 12.9. The van der Waals surface area contributed by atoms with Gasteiger partial charge in [0.1, 0.15) is 0 Å². The number of hydrogen-bond acceptors (Lipinski definition) is 2. The third kappa shape index (κ3) is 3.42. The van der Waals surface area contributed by atoms with Gasteiger partial charge in [0.15, 0.2) is 0 Å². The summed E-state index contributed by atoms with van der Waals surface area (Å²) in [7, 11) is 0. The van der Waals surface area contributed by atoms with E-state index >= 15 is 0 Å². The molecule has 0 spiro atoms. The molecule has 1 aromatic rings. The van der Waals surface area contributed by atoms with Gasteiger partial charge in [0.2, 0.25) is 5.91 Å². The first-order chi connectivity index (χ1) is 9.43. The van der Waals surface area contributed by atoms with Crippen LogP contribution in [0.15, 0.2) is 12.3 Å². The SMILES string of the molecule is CCCNC(=O)CCn1ccc2c1CC(C)(C)CC2N. The Balaban J connectivity index is 2.02. The molecule has 4 heteroatoms. The molecule has 2 rings (SSSR count). The van der Waals surface area contributed by atoms with Gasteiger partial charge in [-0.2, -0.15) is 0 Å². The van der Waals surface area contributed by atoms with Crippen LogP contribution in [0.3, 0.4) is 0 Å². The van der Waals surface area contributed by atoms with Gasteiger partial charge in [-0.05, 0) is 36.3 Å². The molecule has 1 atom stereocenters. The van der Waals surface area contributed by atoms with Crippen LogP contribution in [0.2, 0.25) is 0 Å². The molecule has 4 nitrogen and oxygen atoms in total. The second-order valence-corrected chi connectivity index (χ2v) is 6.66. The van der Waals surface area contributed by atoms with Crippen LogP contribution >= 0.6 is 0 Å². The minimum Gasteiger partial charge on any atom is -0.356 e. The predicted octanol–water partition coefficient (Wildman–Crippen LogP) is 2.38. The highest BCUT2D eigenvalue weighted by Gasteiger charge is 2.32. The van der Waals surface area contributed by atoms with Gasteiger partial charge in [-0.1, -0.05) is 20.8 Å². The summed E-state index contributed by atoms with van der Waals surface area (Å²) >= 11 is 0. The number of nitrogens with one attached hydrogen (secondary N) is 1. The molecule has 0 aliphatic heterocycles. The quantitative estimate of drug-likeness (QED) is 0.868. The fourth-order valence-electron chi connectivity index (χ4n) is 3.08. The van der Waals surface area contributed by atoms with Gasteiger partial charge in [0.05, 0.1) is 0 Å². The first kappa shape index (κ1) is 15.1. The van der Waals surface area contributed by atoms with Crippen molar-refractivity contribution < 1.29 is 4.79 Å². The molecule has 1 aliphatic rings. The molecule has 0 saturated carbocycles. The summed E-state index contributed by atoms with van der Waals surface area (Å²) in [6, 6.07) is 2.25. The van der Waals surface area contributed by atoms with Crippen molar-refractivity contribution >= 4 is 5.91 Å². The van der Waals surface area contributed by atoms with E-state index in [1.807, 2.05) is 0 Å². The highest BCUT2D eigenvalue weighted by molar-refractivity contribution is 5.75. The topological polar surface area (TPSA) is 60.0 Å². The number of hydrogen-bond donors (Lipinski definition) is 2. The first-order valence-corrected chi connectivity index (χ1v) is 7.63. The third-order valence-electron chi connectivity index (χ3n) is 4.08. The Hall–Kier alpha value is -1.29. The van der Waals surface area contributed by atoms with Gasteiger partial charge in [0, 0.05) is 37.4 Å². The number of amides is 1. The summed E-state index contributed by atoms with van der Waals surface area (Å²) < 4.78 is 2.21. The summed E-state index contributed by atoms with van der Waals surface area (Å²) in [5.41, 5.74) is 9.09. The van der Waals surface area contributed by atoms with Crippen molar-refractivity contribution in [3.63, 3.8) is 0 Å². The third-order valence-corrected chi connectivity index (χ3v) is 4.08. The van der Waals surface area contributed by atoms with Gasteiger partial charge < -0.3 is 15.6 Å². The van der Waals surface area contributed by atoms with E-state index in [1.165, 1.54) is 11.3 Å². The van der Waals surface area contributed by atoms with E-state index < -0.39 is 0 Å². The molecule has 0 radical (unpaired) electrons. The summed E-state index contributed by atoms with van der Waals surface area (Å²) in [6.07, 6.45) is 5.67. The number of aromatic nitrogens is 1. The van der Waals surface area contributed by atoms with Crippen molar-refractivity contribution in [2.24, 2.45) is 11.1 Å². The van der Waals surface area contributed by atoms with Crippen molar-refractivity contribution in [3.8, 4) is 0 Å². The molecule has 3 N–H and O–H groups in total. The van der Waals surface area contributed by atoms with Crippen molar-refractivity contribution in [2.75, 3.05) is 6.54 Å². The van der Waals surface area contributed by atoms with Gasteiger partial charge in [-0.15, -0.1) is 0 Å². The minimum absolute atomic E-state index is 0.129. The van der Waals surface area contributed by atoms with Crippen LogP contribution in [0.25, 0.3) is 0 Å². The summed E-state index contributed by atoms with van der Waals surface area (Å²) in [4.78, 5) is 11.7. The molecule has 1 aliphatic carbocycles. The Kier molecular flexibility index (Phi) is 4.53. The number of carbonyl (C=O) groups excluding carboxylic acids is 1. The molecule has 1 unspecified atom stereocenters. The number of nitrogens with two attached hydrogens (primary N) is 1. The molecule has 1 amide bonds. The van der Waals surface area contributed by atoms with Crippen molar-refractivity contribution in [1.82, 2.24) is 9.88 Å². The van der Waals surface area contributed by atoms with Crippen molar-refractivity contribution in [2.45, 2.75) is 59.0 Å². The van der Waals surface area contributed by atoms with Crippen LogP contribution in [0.4, 0.5) is 0 Å². The zero-order chi connectivity index (χ0) is 14.8. The molecular formula is C16H27N3O. The van der Waals surface area contributed by atoms with E-state index in [0.29, 0.717) is 6.42 Å². The Morgan fingerprint density at radius 2 is 2.30 bits per heavy atom. The second-order valence-electron chi connectivity index (χ2n) is 6.66. The highest BCUT2D eigenvalue weighted by Crippen LogP contribution is 2.39. The van der Waals surface area contributed by atoms with Gasteiger partial charge in [-0.3, -0.25) is 4.79 Å². The van der Waals surface area contributed by atoms with Crippen molar-refractivity contribution in [3.05, 3.63) is 23.5 Å². The van der Waals surface area contributed by atoms with Crippen molar-refractivity contribution in [1.29, 1.82) is 0 Å². The van der Waals surface area contributed by atoms with E-state index in [4.69, 9.17) is 5.73 Å². The maximum Gasteiger partial charge on any atom is 0.221 e. The molecule has 0 fully saturated rings. The van der Waals surface area contributed by atoms with E-state index in [-0.39, 0.29) is 17.4 Å². The Bertz CT molecular complexity index is 476. The Labute approximate surface area is 121 Å². The lowest BCUT2D eigenvalue weighted by molar-refractivity contribution is -0.121. The average Bonchev–Trinajstić information content (AvgIpc) is 2.75. The molecule has 0 aromatic carbocycles. The number of fused-ring (bicyclic) bond motifs is 1. The van der Waals surface area contributed by atoms with Crippen LogP contribution in [0, 0.1) is 5.41 Å². The number of carbonyl (C=O) groups is 1. The smallest absolute Gasteiger partial charge is 0.221 e. The van der Waals surface area contributed by atoms with Gasteiger partial charge >= 0.3 is 0 Å². The molecule has 0 saturated heterocycles. The van der Waals surface area contributed by atoms with Crippen LogP contribution < -0.4 is 11.1 Å². The summed E-state index contributed by atoms with van der Waals surface area (Å²) in [6.45, 7) is 8.10. The largest absolute Gasteiger partial charge is 0.356 e. The van der Waals surface area contributed by atoms with E-state index in [2.05, 4.69) is 42.9 Å². The number of aryl methyl sites for hydroxylation is 1. The molecule has 1 heterocycles. The molecule has 0 bridgehead atoms. The van der Waals surface area contributed by atoms with E-state index in [0.717, 1.165) is 32.4 Å². The first-order valence-electron chi connectivity index (χ1n) is 7.63. The zero-order valence-electron chi connectivity index (χ0n) is 12.9. The average molecular weight is 277 g/mol. The fraction of sp³-hybridized carbons (Fsp3) is 0.688. The molecule has 112 valence electrons. The Morgan fingerprint density at radius 3 is 3.00 bits per heavy atom. The number of nitrogens with zero attached hydrogens (tertiary/aromatic N) is 1. The van der Waals surface area contributed by atoms with Crippen LogP contribution in [0.1, 0.15) is 57.3 Å². The highest BCUT2D eigenvalue weighted by atomic mass is 16.1. The maximum atomic E-state index is 11.7. The van der Waals surface area contributed by atoms with Crippen LogP contribution in [-0.2, 0) is 17.8 Å². The summed E-state index contributed by atoms with van der Waals surface area (Å²) in [5.74, 6) is 0.133. The number of rotatable bonds is 5. The lowest BCUT2D eigenvalue weighted by Crippen LogP contribution is -2.31. The fourth-order valence-corrected chi connectivity index (χ4v) is 3.08. The van der Waals surface area contributed by atoms with E-state index in [1.54, 1.807) is 0 Å². The summed E-state index contributed by atoms with van der Waals surface area (Å²) in [5, 5.41) is 2.92. The monoisotopic (exact) mass is 277 g/mol. The van der Waals surface area contributed by atoms with E-state index in [9.17, 15) is 4.79 Å². The van der Waals surface area contributed by atoms with Crippen LogP contribution in [-0.4, -0.2) is 17.0 Å². The predicted molar refractivity (Wildman–Crippen MR) is 81.4 cm³/mol.